The van der Waals surface area contributed by atoms with Gasteiger partial charge in [0, 0.05) is 31.4 Å². The molecule has 1 amide bonds. The summed E-state index contributed by atoms with van der Waals surface area (Å²) in [5.74, 6) is 1.26. The van der Waals surface area contributed by atoms with Crippen LogP contribution in [0.5, 0.6) is 0 Å². The first-order valence-electron chi connectivity index (χ1n) is 10.3. The molecular formula is C23H28Cl2N4O3. The number of benzene rings is 1. The molecule has 1 saturated heterocycles. The fourth-order valence-corrected chi connectivity index (χ4v) is 3.99. The van der Waals surface area contributed by atoms with E-state index in [1.165, 1.54) is 0 Å². The number of aryl methyl sites for hydroxylation is 2. The molecule has 0 saturated carbocycles. The van der Waals surface area contributed by atoms with Crippen LogP contribution in [0.15, 0.2) is 51.9 Å². The van der Waals surface area contributed by atoms with Gasteiger partial charge in [-0.15, -0.1) is 24.8 Å². The summed E-state index contributed by atoms with van der Waals surface area (Å²) >= 11 is 0. The lowest BCUT2D eigenvalue weighted by Gasteiger charge is -2.22. The number of hydrogen-bond acceptors (Lipinski definition) is 5. The number of aromatic nitrogens is 2. The molecule has 0 aliphatic carbocycles. The molecule has 1 aliphatic rings. The van der Waals surface area contributed by atoms with Crippen LogP contribution in [0.2, 0.25) is 0 Å². The topological polar surface area (TPSA) is 89.2 Å². The van der Waals surface area contributed by atoms with Gasteiger partial charge in [0.05, 0.1) is 5.69 Å². The number of carbonyl (C=O) groups is 1. The molecule has 0 bridgehead atoms. The van der Waals surface area contributed by atoms with Crippen LogP contribution < -0.4 is 16.3 Å². The van der Waals surface area contributed by atoms with Crippen LogP contribution in [0.1, 0.15) is 51.8 Å². The smallest absolute Gasteiger partial charge is 0.349 e. The first kappa shape index (κ1) is 25.6. The van der Waals surface area contributed by atoms with Crippen LogP contribution in [0, 0.1) is 13.8 Å². The van der Waals surface area contributed by atoms with Crippen molar-refractivity contribution in [1.29, 1.82) is 0 Å². The largest absolute Gasteiger partial charge is 0.427 e. The second kappa shape index (κ2) is 11.3. The number of hydrogen-bond donors (Lipinski definition) is 2. The third-order valence-corrected chi connectivity index (χ3v) is 5.61. The third kappa shape index (κ3) is 5.41. The average molecular weight is 479 g/mol. The summed E-state index contributed by atoms with van der Waals surface area (Å²) in [4.78, 5) is 29.7. The van der Waals surface area contributed by atoms with Gasteiger partial charge in [0.1, 0.15) is 17.1 Å². The number of amides is 1. The highest BCUT2D eigenvalue weighted by molar-refractivity contribution is 5.95. The molecule has 2 aromatic heterocycles. The average Bonchev–Trinajstić information content (AvgIpc) is 3.18. The van der Waals surface area contributed by atoms with Crippen LogP contribution >= 0.6 is 24.8 Å². The summed E-state index contributed by atoms with van der Waals surface area (Å²) in [6.07, 6.45) is 5.65. The van der Waals surface area contributed by atoms with Crippen molar-refractivity contribution >= 4 is 30.7 Å². The number of nitrogens with one attached hydrogen (secondary N) is 2. The Hall–Kier alpha value is -2.61. The van der Waals surface area contributed by atoms with E-state index in [2.05, 4.69) is 15.6 Å². The van der Waals surface area contributed by atoms with Crippen LogP contribution in [0.3, 0.4) is 0 Å². The Morgan fingerprint density at radius 3 is 2.72 bits per heavy atom. The van der Waals surface area contributed by atoms with Crippen molar-refractivity contribution in [3.8, 4) is 5.69 Å². The van der Waals surface area contributed by atoms with E-state index in [1.807, 2.05) is 48.0 Å². The molecular weight excluding hydrogens is 451 g/mol. The second-order valence-corrected chi connectivity index (χ2v) is 7.69. The highest BCUT2D eigenvalue weighted by Gasteiger charge is 2.22. The number of rotatable bonds is 5. The van der Waals surface area contributed by atoms with E-state index < -0.39 is 11.5 Å². The maximum absolute atomic E-state index is 12.8. The van der Waals surface area contributed by atoms with Gasteiger partial charge in [-0.25, -0.2) is 9.78 Å². The molecule has 1 fully saturated rings. The lowest BCUT2D eigenvalue weighted by Crippen LogP contribution is -2.31. The van der Waals surface area contributed by atoms with E-state index in [0.29, 0.717) is 17.9 Å². The van der Waals surface area contributed by atoms with Gasteiger partial charge in [0.25, 0.3) is 5.91 Å². The molecule has 0 spiro atoms. The Morgan fingerprint density at radius 1 is 1.28 bits per heavy atom. The van der Waals surface area contributed by atoms with Crippen molar-refractivity contribution in [2.75, 3.05) is 13.1 Å². The molecule has 2 N–H and O–H groups in total. The molecule has 3 heterocycles. The van der Waals surface area contributed by atoms with E-state index >= 15 is 0 Å². The molecule has 7 nitrogen and oxygen atoms in total. The number of para-hydroxylation sites is 1. The van der Waals surface area contributed by atoms with Crippen LogP contribution in [0.4, 0.5) is 0 Å². The number of piperidine rings is 1. The van der Waals surface area contributed by atoms with Crippen molar-refractivity contribution in [2.24, 2.45) is 0 Å². The van der Waals surface area contributed by atoms with Crippen LogP contribution in [-0.2, 0) is 6.54 Å². The molecule has 3 aromatic rings. The number of nitrogens with zero attached hydrogens (tertiary/aromatic N) is 2. The van der Waals surface area contributed by atoms with Gasteiger partial charge in [0.15, 0.2) is 0 Å². The predicted molar refractivity (Wildman–Crippen MR) is 129 cm³/mol. The maximum atomic E-state index is 12.8. The first-order valence-corrected chi connectivity index (χ1v) is 10.3. The maximum Gasteiger partial charge on any atom is 0.349 e. The number of halogens is 2. The molecule has 1 aliphatic heterocycles. The monoisotopic (exact) mass is 478 g/mol. The minimum atomic E-state index is -0.577. The summed E-state index contributed by atoms with van der Waals surface area (Å²) in [6, 6.07) is 9.62. The summed E-state index contributed by atoms with van der Waals surface area (Å²) in [6.45, 7) is 5.78. The standard InChI is InChI=1S/C23H26N4O3.2ClH/c1-15-12-20(18-7-5-9-24-13-18)30-23(29)21(15)22(28)26-14-17-6-3-4-8-19(17)27-11-10-25-16(27)2;;/h3-4,6,8,10-12,18,24H,5,7,9,13-14H2,1-2H3,(H,26,28);2*1H. The molecule has 32 heavy (non-hydrogen) atoms. The highest BCUT2D eigenvalue weighted by atomic mass is 35.5. The van der Waals surface area contributed by atoms with Gasteiger partial charge in [-0.1, -0.05) is 18.2 Å². The second-order valence-electron chi connectivity index (χ2n) is 7.69. The number of carbonyl (C=O) groups excluding carboxylic acids is 1. The van der Waals surface area contributed by atoms with Gasteiger partial charge in [-0.3, -0.25) is 4.79 Å². The Kier molecular flexibility index (Phi) is 9.07. The van der Waals surface area contributed by atoms with Gasteiger partial charge in [-0.05, 0) is 56.5 Å². The van der Waals surface area contributed by atoms with E-state index in [9.17, 15) is 9.59 Å². The zero-order chi connectivity index (χ0) is 21.1. The van der Waals surface area contributed by atoms with Crippen LogP contribution in [-0.4, -0.2) is 28.5 Å². The predicted octanol–water partition coefficient (Wildman–Crippen LogP) is 3.68. The lowest BCUT2D eigenvalue weighted by molar-refractivity contribution is 0.0945. The van der Waals surface area contributed by atoms with E-state index in [-0.39, 0.29) is 36.3 Å². The minimum absolute atomic E-state index is 0. The Balaban J connectivity index is 0.00000181. The molecule has 1 unspecified atom stereocenters. The summed E-state index contributed by atoms with van der Waals surface area (Å²) in [5, 5.41) is 6.19. The van der Waals surface area contributed by atoms with Crippen molar-refractivity contribution in [2.45, 2.75) is 39.2 Å². The van der Waals surface area contributed by atoms with E-state index in [0.717, 1.165) is 43.0 Å². The molecule has 0 radical (unpaired) electrons. The quantitative estimate of drug-likeness (QED) is 0.583. The molecule has 1 aromatic carbocycles. The Bertz CT molecular complexity index is 1120. The van der Waals surface area contributed by atoms with E-state index in [1.54, 1.807) is 13.1 Å². The summed E-state index contributed by atoms with van der Waals surface area (Å²) in [7, 11) is 0. The normalized spacial score (nSPS) is 15.4. The first-order chi connectivity index (χ1) is 14.5. The van der Waals surface area contributed by atoms with Gasteiger partial charge in [-0.2, -0.15) is 0 Å². The fraction of sp³-hybridized carbons (Fsp3) is 0.348. The van der Waals surface area contributed by atoms with Crippen molar-refractivity contribution < 1.29 is 9.21 Å². The van der Waals surface area contributed by atoms with Gasteiger partial charge < -0.3 is 19.6 Å². The minimum Gasteiger partial charge on any atom is -0.427 e. The van der Waals surface area contributed by atoms with Crippen molar-refractivity contribution in [3.63, 3.8) is 0 Å². The van der Waals surface area contributed by atoms with Gasteiger partial charge in [0.2, 0.25) is 0 Å². The third-order valence-electron chi connectivity index (χ3n) is 5.61. The molecule has 9 heteroatoms. The zero-order valence-electron chi connectivity index (χ0n) is 18.1. The summed E-state index contributed by atoms with van der Waals surface area (Å²) < 4.78 is 7.50. The molecule has 172 valence electrons. The van der Waals surface area contributed by atoms with Gasteiger partial charge >= 0.3 is 5.63 Å². The fourth-order valence-electron chi connectivity index (χ4n) is 3.99. The Labute approximate surface area is 199 Å². The van der Waals surface area contributed by atoms with Crippen LogP contribution in [0.25, 0.3) is 5.69 Å². The number of imidazole rings is 1. The SMILES string of the molecule is Cc1cc(C2CCCNC2)oc(=O)c1C(=O)NCc1ccccc1-n1ccnc1C.Cl.Cl. The summed E-state index contributed by atoms with van der Waals surface area (Å²) in [5.41, 5.74) is 2.00. The highest BCUT2D eigenvalue weighted by Crippen LogP contribution is 2.23. The van der Waals surface area contributed by atoms with Crippen molar-refractivity contribution in [3.05, 3.63) is 81.4 Å². The zero-order valence-corrected chi connectivity index (χ0v) is 19.7. The van der Waals surface area contributed by atoms with Crippen molar-refractivity contribution in [1.82, 2.24) is 20.2 Å². The Morgan fingerprint density at radius 2 is 2.06 bits per heavy atom. The molecule has 1 atom stereocenters. The van der Waals surface area contributed by atoms with E-state index in [4.69, 9.17) is 4.42 Å². The molecule has 4 rings (SSSR count). The lowest BCUT2D eigenvalue weighted by atomic mass is 9.95.